The molecule has 2 aliphatic heterocycles. The van der Waals surface area contributed by atoms with Gasteiger partial charge >= 0.3 is 0 Å². The Labute approximate surface area is 103 Å². The molecule has 0 aromatic carbocycles. The minimum absolute atomic E-state index is 0.0419. The number of hydrogen-bond acceptors (Lipinski definition) is 4. The molecule has 0 saturated carbocycles. The van der Waals surface area contributed by atoms with E-state index < -0.39 is 5.60 Å². The highest BCUT2D eigenvalue weighted by molar-refractivity contribution is 4.95. The molecule has 1 spiro atoms. The smallest absolute Gasteiger partial charge is 0.0730 e. The summed E-state index contributed by atoms with van der Waals surface area (Å²) < 4.78 is 11.4. The summed E-state index contributed by atoms with van der Waals surface area (Å²) in [5, 5.41) is 10.5. The zero-order valence-electron chi connectivity index (χ0n) is 10.8. The van der Waals surface area contributed by atoms with Crippen molar-refractivity contribution in [3.8, 4) is 0 Å². The molecule has 17 heavy (non-hydrogen) atoms. The van der Waals surface area contributed by atoms with Gasteiger partial charge in [-0.15, -0.1) is 0 Å². The molecule has 0 aliphatic carbocycles. The minimum Gasteiger partial charge on any atom is -0.390 e. The van der Waals surface area contributed by atoms with Crippen molar-refractivity contribution < 1.29 is 14.6 Å². The van der Waals surface area contributed by atoms with Gasteiger partial charge in [-0.2, -0.15) is 0 Å². The van der Waals surface area contributed by atoms with Gasteiger partial charge < -0.3 is 20.3 Å². The van der Waals surface area contributed by atoms with Crippen LogP contribution in [0.25, 0.3) is 0 Å². The fourth-order valence-electron chi connectivity index (χ4n) is 3.15. The Kier molecular flexibility index (Phi) is 4.08. The fraction of sp³-hybridized carbons (Fsp3) is 1.00. The molecule has 100 valence electrons. The number of aliphatic hydroxyl groups is 1. The molecule has 0 amide bonds. The lowest BCUT2D eigenvalue weighted by molar-refractivity contribution is -0.172. The van der Waals surface area contributed by atoms with E-state index in [-0.39, 0.29) is 5.60 Å². The number of hydrogen-bond donors (Lipinski definition) is 2. The zero-order valence-corrected chi connectivity index (χ0v) is 10.8. The van der Waals surface area contributed by atoms with E-state index in [1.54, 1.807) is 0 Å². The van der Waals surface area contributed by atoms with Crippen molar-refractivity contribution >= 4 is 0 Å². The SMILES string of the molecule is CC(O)(CCN)C1CCOC2(CCOCC2)C1. The van der Waals surface area contributed by atoms with Gasteiger partial charge in [0.15, 0.2) is 0 Å². The van der Waals surface area contributed by atoms with E-state index in [1.165, 1.54) is 0 Å². The van der Waals surface area contributed by atoms with E-state index in [1.807, 2.05) is 6.92 Å². The first-order valence-corrected chi connectivity index (χ1v) is 6.72. The van der Waals surface area contributed by atoms with Crippen molar-refractivity contribution in [1.82, 2.24) is 0 Å². The van der Waals surface area contributed by atoms with Crippen LogP contribution >= 0.6 is 0 Å². The molecule has 2 saturated heterocycles. The molecule has 2 atom stereocenters. The molecule has 2 aliphatic rings. The van der Waals surface area contributed by atoms with Crippen LogP contribution in [0, 0.1) is 5.92 Å². The summed E-state index contributed by atoms with van der Waals surface area (Å²) in [7, 11) is 0. The zero-order chi connectivity index (χ0) is 12.4. The second-order valence-corrected chi connectivity index (χ2v) is 5.73. The van der Waals surface area contributed by atoms with Crippen LogP contribution in [0.4, 0.5) is 0 Å². The van der Waals surface area contributed by atoms with Gasteiger partial charge in [0.1, 0.15) is 0 Å². The second-order valence-electron chi connectivity index (χ2n) is 5.73. The first-order valence-electron chi connectivity index (χ1n) is 6.72. The van der Waals surface area contributed by atoms with Gasteiger partial charge in [-0.05, 0) is 51.5 Å². The topological polar surface area (TPSA) is 64.7 Å². The largest absolute Gasteiger partial charge is 0.390 e. The van der Waals surface area contributed by atoms with Crippen molar-refractivity contribution in [3.63, 3.8) is 0 Å². The highest BCUT2D eigenvalue weighted by Crippen LogP contribution is 2.41. The van der Waals surface area contributed by atoms with Gasteiger partial charge in [0, 0.05) is 19.8 Å². The lowest BCUT2D eigenvalue weighted by atomic mass is 9.73. The lowest BCUT2D eigenvalue weighted by Crippen LogP contribution is -2.50. The third kappa shape index (κ3) is 2.99. The maximum Gasteiger partial charge on any atom is 0.0730 e. The summed E-state index contributed by atoms with van der Waals surface area (Å²) in [6.45, 7) is 4.78. The standard InChI is InChI=1S/C13H25NO3/c1-12(15,3-6-14)11-2-7-17-13(10-11)4-8-16-9-5-13/h11,15H,2-10,14H2,1H3. The highest BCUT2D eigenvalue weighted by Gasteiger charge is 2.44. The van der Waals surface area contributed by atoms with E-state index in [0.29, 0.717) is 18.9 Å². The van der Waals surface area contributed by atoms with Crippen LogP contribution in [-0.2, 0) is 9.47 Å². The van der Waals surface area contributed by atoms with E-state index in [4.69, 9.17) is 15.2 Å². The highest BCUT2D eigenvalue weighted by atomic mass is 16.5. The molecule has 4 nitrogen and oxygen atoms in total. The quantitative estimate of drug-likeness (QED) is 0.778. The number of rotatable bonds is 3. The van der Waals surface area contributed by atoms with Gasteiger partial charge in [-0.1, -0.05) is 0 Å². The number of nitrogens with two attached hydrogens (primary N) is 1. The third-order valence-electron chi connectivity index (χ3n) is 4.43. The lowest BCUT2D eigenvalue weighted by Gasteiger charge is -2.47. The molecule has 0 bridgehead atoms. The predicted molar refractivity (Wildman–Crippen MR) is 65.8 cm³/mol. The molecule has 4 heteroatoms. The van der Waals surface area contributed by atoms with Gasteiger partial charge in [-0.3, -0.25) is 0 Å². The molecular formula is C13H25NO3. The van der Waals surface area contributed by atoms with Gasteiger partial charge in [-0.25, -0.2) is 0 Å². The monoisotopic (exact) mass is 243 g/mol. The Morgan fingerprint density at radius 3 is 2.71 bits per heavy atom. The fourth-order valence-corrected chi connectivity index (χ4v) is 3.15. The van der Waals surface area contributed by atoms with Crippen LogP contribution in [0.3, 0.4) is 0 Å². The van der Waals surface area contributed by atoms with Crippen LogP contribution in [0.2, 0.25) is 0 Å². The minimum atomic E-state index is -0.649. The van der Waals surface area contributed by atoms with Gasteiger partial charge in [0.25, 0.3) is 0 Å². The maximum atomic E-state index is 10.5. The van der Waals surface area contributed by atoms with Crippen molar-refractivity contribution in [2.24, 2.45) is 11.7 Å². The summed E-state index contributed by atoms with van der Waals surface area (Å²) in [6, 6.07) is 0. The average molecular weight is 243 g/mol. The van der Waals surface area contributed by atoms with Crippen molar-refractivity contribution in [2.45, 2.75) is 50.2 Å². The Morgan fingerprint density at radius 1 is 1.35 bits per heavy atom. The predicted octanol–water partition coefficient (Wildman–Crippen LogP) is 1.06. The Morgan fingerprint density at radius 2 is 2.06 bits per heavy atom. The maximum absolute atomic E-state index is 10.5. The summed E-state index contributed by atoms with van der Waals surface area (Å²) in [5.41, 5.74) is 4.89. The Bertz CT molecular complexity index is 244. The molecule has 3 N–H and O–H groups in total. The Hall–Kier alpha value is -0.160. The van der Waals surface area contributed by atoms with E-state index in [0.717, 1.165) is 45.5 Å². The molecule has 2 heterocycles. The summed E-state index contributed by atoms with van der Waals surface area (Å²) in [4.78, 5) is 0. The molecule has 2 unspecified atom stereocenters. The van der Waals surface area contributed by atoms with Gasteiger partial charge in [0.2, 0.25) is 0 Å². The van der Waals surface area contributed by atoms with Gasteiger partial charge in [0.05, 0.1) is 11.2 Å². The first kappa shape index (κ1) is 13.3. The van der Waals surface area contributed by atoms with E-state index >= 15 is 0 Å². The molecule has 0 aromatic heterocycles. The van der Waals surface area contributed by atoms with Crippen molar-refractivity contribution in [3.05, 3.63) is 0 Å². The van der Waals surface area contributed by atoms with Crippen molar-refractivity contribution in [2.75, 3.05) is 26.4 Å². The first-order chi connectivity index (χ1) is 8.08. The van der Waals surface area contributed by atoms with Crippen LogP contribution in [0.1, 0.15) is 39.0 Å². The second kappa shape index (κ2) is 5.22. The van der Waals surface area contributed by atoms with E-state index in [2.05, 4.69) is 0 Å². The normalized spacial score (nSPS) is 32.3. The Balaban J connectivity index is 2.00. The third-order valence-corrected chi connectivity index (χ3v) is 4.43. The molecule has 2 rings (SSSR count). The van der Waals surface area contributed by atoms with Crippen LogP contribution in [0.5, 0.6) is 0 Å². The molecule has 0 aromatic rings. The van der Waals surface area contributed by atoms with E-state index in [9.17, 15) is 5.11 Å². The molecular weight excluding hydrogens is 218 g/mol. The summed E-state index contributed by atoms with van der Waals surface area (Å²) in [6.07, 6.45) is 4.48. The average Bonchev–Trinajstić information content (AvgIpc) is 2.30. The molecule has 0 radical (unpaired) electrons. The van der Waals surface area contributed by atoms with Crippen LogP contribution < -0.4 is 5.73 Å². The molecule has 2 fully saturated rings. The van der Waals surface area contributed by atoms with Crippen molar-refractivity contribution in [1.29, 1.82) is 0 Å². The number of ether oxygens (including phenoxy) is 2. The van der Waals surface area contributed by atoms with Crippen LogP contribution in [-0.4, -0.2) is 42.7 Å². The van der Waals surface area contributed by atoms with Crippen LogP contribution in [0.15, 0.2) is 0 Å². The summed E-state index contributed by atoms with van der Waals surface area (Å²) in [5.74, 6) is 0.304. The summed E-state index contributed by atoms with van der Waals surface area (Å²) >= 11 is 0.